The summed E-state index contributed by atoms with van der Waals surface area (Å²) in [5.41, 5.74) is 2.41. The zero-order valence-electron chi connectivity index (χ0n) is 14.3. The summed E-state index contributed by atoms with van der Waals surface area (Å²) in [7, 11) is 0. The maximum Gasteiger partial charge on any atom is 0.273 e. The molecule has 124 valence electrons. The van der Waals surface area contributed by atoms with E-state index in [0.717, 1.165) is 25.2 Å². The van der Waals surface area contributed by atoms with Crippen molar-refractivity contribution in [2.45, 2.75) is 27.7 Å². The molecule has 0 spiro atoms. The number of hydrogen-bond acceptors (Lipinski definition) is 4. The van der Waals surface area contributed by atoms with Gasteiger partial charge in [0.1, 0.15) is 5.76 Å². The van der Waals surface area contributed by atoms with E-state index in [1.807, 2.05) is 31.2 Å². The number of nitrogens with zero attached hydrogens (tertiary/aromatic N) is 2. The maximum atomic E-state index is 12.3. The van der Waals surface area contributed by atoms with Gasteiger partial charge in [-0.05, 0) is 39.1 Å². The van der Waals surface area contributed by atoms with Crippen molar-refractivity contribution < 1.29 is 9.21 Å². The highest BCUT2D eigenvalue weighted by Gasteiger charge is 2.17. The number of hydrogen-bond donors (Lipinski definition) is 1. The van der Waals surface area contributed by atoms with Crippen LogP contribution in [0.25, 0.3) is 11.5 Å². The zero-order chi connectivity index (χ0) is 16.8. The molecule has 2 aromatic rings. The number of aromatic nitrogens is 1. The standard InChI is InChI=1S/C18H25N3O2/c1-5-21(6-2)12-11-19-17(22)16-14(4)23-18(20-16)15-9-7-13(3)8-10-15/h7-10H,5-6,11-12H2,1-4H3,(H,19,22). The Morgan fingerprint density at radius 2 is 1.83 bits per heavy atom. The first kappa shape index (κ1) is 17.2. The molecule has 0 bridgehead atoms. The summed E-state index contributed by atoms with van der Waals surface area (Å²) in [6, 6.07) is 7.89. The summed E-state index contributed by atoms with van der Waals surface area (Å²) in [6.45, 7) is 11.4. The topological polar surface area (TPSA) is 58.4 Å². The van der Waals surface area contributed by atoms with Gasteiger partial charge in [-0.2, -0.15) is 0 Å². The first-order valence-corrected chi connectivity index (χ1v) is 8.10. The van der Waals surface area contributed by atoms with Crippen LogP contribution in [-0.2, 0) is 0 Å². The smallest absolute Gasteiger partial charge is 0.273 e. The van der Waals surface area contributed by atoms with Gasteiger partial charge in [0.15, 0.2) is 5.69 Å². The van der Waals surface area contributed by atoms with Crippen LogP contribution in [0.3, 0.4) is 0 Å². The SMILES string of the molecule is CCN(CC)CCNC(=O)c1nc(-c2ccc(C)cc2)oc1C. The van der Waals surface area contributed by atoms with Gasteiger partial charge in [0.05, 0.1) is 0 Å². The number of amides is 1. The van der Waals surface area contributed by atoms with Gasteiger partial charge >= 0.3 is 0 Å². The predicted molar refractivity (Wildman–Crippen MR) is 91.5 cm³/mol. The third-order valence-electron chi connectivity index (χ3n) is 3.92. The van der Waals surface area contributed by atoms with Crippen molar-refractivity contribution >= 4 is 5.91 Å². The molecular formula is C18H25N3O2. The second-order valence-corrected chi connectivity index (χ2v) is 5.57. The Kier molecular flexibility index (Phi) is 5.93. The number of carbonyl (C=O) groups is 1. The van der Waals surface area contributed by atoms with E-state index < -0.39 is 0 Å². The van der Waals surface area contributed by atoms with E-state index in [-0.39, 0.29) is 5.91 Å². The van der Waals surface area contributed by atoms with Crippen molar-refractivity contribution in [3.8, 4) is 11.5 Å². The van der Waals surface area contributed by atoms with Crippen molar-refractivity contribution in [2.75, 3.05) is 26.2 Å². The Bertz CT molecular complexity index is 643. The Morgan fingerprint density at radius 3 is 2.43 bits per heavy atom. The molecule has 0 atom stereocenters. The number of aryl methyl sites for hydroxylation is 2. The quantitative estimate of drug-likeness (QED) is 0.853. The minimum Gasteiger partial charge on any atom is -0.441 e. The van der Waals surface area contributed by atoms with E-state index in [2.05, 4.69) is 29.0 Å². The van der Waals surface area contributed by atoms with Crippen LogP contribution in [-0.4, -0.2) is 42.0 Å². The summed E-state index contributed by atoms with van der Waals surface area (Å²) in [6.07, 6.45) is 0. The first-order valence-electron chi connectivity index (χ1n) is 8.10. The average Bonchev–Trinajstić information content (AvgIpc) is 2.94. The highest BCUT2D eigenvalue weighted by Crippen LogP contribution is 2.22. The Balaban J connectivity index is 2.02. The molecule has 2 rings (SSSR count). The molecule has 0 aliphatic heterocycles. The number of benzene rings is 1. The molecule has 0 fully saturated rings. The van der Waals surface area contributed by atoms with Crippen LogP contribution >= 0.6 is 0 Å². The molecule has 1 heterocycles. The summed E-state index contributed by atoms with van der Waals surface area (Å²) in [4.78, 5) is 18.9. The maximum absolute atomic E-state index is 12.3. The molecule has 1 aromatic heterocycles. The lowest BCUT2D eigenvalue weighted by molar-refractivity contribution is 0.0943. The van der Waals surface area contributed by atoms with Crippen LogP contribution in [0.1, 0.15) is 35.7 Å². The van der Waals surface area contributed by atoms with Gasteiger partial charge in [0.25, 0.3) is 5.91 Å². The molecule has 0 saturated heterocycles. The average molecular weight is 315 g/mol. The Labute approximate surface area is 137 Å². The van der Waals surface area contributed by atoms with Crippen LogP contribution in [0.2, 0.25) is 0 Å². The zero-order valence-corrected chi connectivity index (χ0v) is 14.3. The fourth-order valence-corrected chi connectivity index (χ4v) is 2.38. The van der Waals surface area contributed by atoms with Crippen molar-refractivity contribution in [2.24, 2.45) is 0 Å². The molecule has 0 saturated carbocycles. The number of carbonyl (C=O) groups excluding carboxylic acids is 1. The number of oxazole rings is 1. The second kappa shape index (κ2) is 7.92. The molecule has 5 heteroatoms. The number of nitrogens with one attached hydrogen (secondary N) is 1. The van der Waals surface area contributed by atoms with Crippen molar-refractivity contribution in [3.63, 3.8) is 0 Å². The Morgan fingerprint density at radius 1 is 1.17 bits per heavy atom. The summed E-state index contributed by atoms with van der Waals surface area (Å²) >= 11 is 0. The van der Waals surface area contributed by atoms with Crippen LogP contribution in [0.15, 0.2) is 28.7 Å². The third kappa shape index (κ3) is 4.42. The van der Waals surface area contributed by atoms with E-state index >= 15 is 0 Å². The molecule has 0 aliphatic rings. The summed E-state index contributed by atoms with van der Waals surface area (Å²) in [5.74, 6) is 0.842. The van der Waals surface area contributed by atoms with E-state index in [1.54, 1.807) is 6.92 Å². The van der Waals surface area contributed by atoms with Crippen LogP contribution in [0, 0.1) is 13.8 Å². The third-order valence-corrected chi connectivity index (χ3v) is 3.92. The van der Waals surface area contributed by atoms with Crippen LogP contribution in [0.4, 0.5) is 0 Å². The molecule has 1 amide bonds. The van der Waals surface area contributed by atoms with E-state index in [9.17, 15) is 4.79 Å². The molecule has 0 aliphatic carbocycles. The minimum absolute atomic E-state index is 0.184. The highest BCUT2D eigenvalue weighted by atomic mass is 16.4. The van der Waals surface area contributed by atoms with Crippen LogP contribution < -0.4 is 5.32 Å². The summed E-state index contributed by atoms with van der Waals surface area (Å²) < 4.78 is 5.65. The van der Waals surface area contributed by atoms with Gasteiger partial charge in [-0.1, -0.05) is 31.5 Å². The molecule has 0 radical (unpaired) electrons. The fraction of sp³-hybridized carbons (Fsp3) is 0.444. The van der Waals surface area contributed by atoms with Crippen LogP contribution in [0.5, 0.6) is 0 Å². The van der Waals surface area contributed by atoms with Gasteiger partial charge in [0, 0.05) is 18.7 Å². The van der Waals surface area contributed by atoms with E-state index in [0.29, 0.717) is 23.9 Å². The fourth-order valence-electron chi connectivity index (χ4n) is 2.38. The first-order chi connectivity index (χ1) is 11.0. The lowest BCUT2D eigenvalue weighted by Gasteiger charge is -2.17. The Hall–Kier alpha value is -2.14. The minimum atomic E-state index is -0.184. The van der Waals surface area contributed by atoms with Gasteiger partial charge in [-0.15, -0.1) is 0 Å². The molecular weight excluding hydrogens is 290 g/mol. The second-order valence-electron chi connectivity index (χ2n) is 5.57. The number of likely N-dealkylation sites (N-methyl/N-ethyl adjacent to an activating group) is 1. The lowest BCUT2D eigenvalue weighted by atomic mass is 10.1. The highest BCUT2D eigenvalue weighted by molar-refractivity contribution is 5.93. The van der Waals surface area contributed by atoms with Crippen molar-refractivity contribution in [3.05, 3.63) is 41.3 Å². The normalized spacial score (nSPS) is 11.0. The van der Waals surface area contributed by atoms with Gasteiger partial charge in [-0.25, -0.2) is 4.98 Å². The molecule has 0 unspecified atom stereocenters. The largest absolute Gasteiger partial charge is 0.441 e. The molecule has 1 N–H and O–H groups in total. The van der Waals surface area contributed by atoms with Crippen molar-refractivity contribution in [1.82, 2.24) is 15.2 Å². The van der Waals surface area contributed by atoms with Gasteiger partial charge < -0.3 is 14.6 Å². The lowest BCUT2D eigenvalue weighted by Crippen LogP contribution is -2.35. The number of rotatable bonds is 7. The molecule has 5 nitrogen and oxygen atoms in total. The van der Waals surface area contributed by atoms with E-state index in [1.165, 1.54) is 5.56 Å². The summed E-state index contributed by atoms with van der Waals surface area (Å²) in [5, 5.41) is 2.91. The van der Waals surface area contributed by atoms with Gasteiger partial charge in [0.2, 0.25) is 5.89 Å². The van der Waals surface area contributed by atoms with Crippen molar-refractivity contribution in [1.29, 1.82) is 0 Å². The molecule has 23 heavy (non-hydrogen) atoms. The van der Waals surface area contributed by atoms with E-state index in [4.69, 9.17) is 4.42 Å². The van der Waals surface area contributed by atoms with Gasteiger partial charge in [-0.3, -0.25) is 4.79 Å². The predicted octanol–water partition coefficient (Wildman–Crippen LogP) is 3.03. The molecule has 1 aromatic carbocycles. The monoisotopic (exact) mass is 315 g/mol.